The lowest BCUT2D eigenvalue weighted by molar-refractivity contribution is -0.134. The molecule has 0 aliphatic carbocycles. The molecule has 0 aromatic heterocycles. The summed E-state index contributed by atoms with van der Waals surface area (Å²) in [5.41, 5.74) is 0.731. The van der Waals surface area contributed by atoms with Crippen molar-refractivity contribution >= 4 is 14.3 Å². The molecule has 0 aliphatic heterocycles. The second kappa shape index (κ2) is 12.0. The number of allylic oxidation sites excluding steroid dienone is 3. The lowest BCUT2D eigenvalue weighted by Crippen LogP contribution is -2.43. The molecule has 146 valence electrons. The number of rotatable bonds is 6. The molecule has 0 aromatic rings. The SMILES string of the molecule is C=C(/C=C/OC)C(C#C/C=C\C#C/C=C/C(=O)OC)O[Si](C)(C)C(C)(C)C. The van der Waals surface area contributed by atoms with Gasteiger partial charge >= 0.3 is 5.97 Å². The van der Waals surface area contributed by atoms with E-state index in [1.807, 2.05) is 0 Å². The highest BCUT2D eigenvalue weighted by molar-refractivity contribution is 6.74. The molecule has 27 heavy (non-hydrogen) atoms. The number of carbonyl (C=O) groups is 1. The van der Waals surface area contributed by atoms with E-state index in [0.29, 0.717) is 0 Å². The van der Waals surface area contributed by atoms with Crippen LogP contribution in [0.15, 0.2) is 48.8 Å². The van der Waals surface area contributed by atoms with Gasteiger partial charge in [0.05, 0.1) is 20.5 Å². The molecule has 4 nitrogen and oxygen atoms in total. The minimum absolute atomic E-state index is 0.0610. The van der Waals surface area contributed by atoms with Crippen LogP contribution in [0.2, 0.25) is 18.1 Å². The summed E-state index contributed by atoms with van der Waals surface area (Å²) in [5, 5.41) is 0.0610. The van der Waals surface area contributed by atoms with E-state index < -0.39 is 20.4 Å². The van der Waals surface area contributed by atoms with Gasteiger partial charge in [-0.15, -0.1) is 0 Å². The molecule has 0 aromatic carbocycles. The van der Waals surface area contributed by atoms with Crippen LogP contribution in [0.4, 0.5) is 0 Å². The average molecular weight is 387 g/mol. The fourth-order valence-electron chi connectivity index (χ4n) is 1.39. The molecule has 0 saturated heterocycles. The third-order valence-electron chi connectivity index (χ3n) is 4.03. The maximum absolute atomic E-state index is 10.9. The zero-order valence-corrected chi connectivity index (χ0v) is 18.4. The Labute approximate surface area is 165 Å². The van der Waals surface area contributed by atoms with Crippen LogP contribution in [0.3, 0.4) is 0 Å². The highest BCUT2D eigenvalue weighted by Gasteiger charge is 2.39. The Balaban J connectivity index is 5.21. The van der Waals surface area contributed by atoms with Crippen LogP contribution >= 0.6 is 0 Å². The largest absolute Gasteiger partial charge is 0.504 e. The lowest BCUT2D eigenvalue weighted by Gasteiger charge is -2.38. The summed E-state index contributed by atoms with van der Waals surface area (Å²) in [6.07, 6.45) is 8.80. The van der Waals surface area contributed by atoms with Crippen LogP contribution < -0.4 is 0 Å². The van der Waals surface area contributed by atoms with Crippen LogP contribution in [0.1, 0.15) is 20.8 Å². The molecule has 0 fully saturated rings. The Morgan fingerprint density at radius 1 is 1.04 bits per heavy atom. The second-order valence-electron chi connectivity index (χ2n) is 7.14. The standard InChI is InChI=1S/C22H30O4Si/c1-19(17-18-24-5)20(26-27(7,8)22(2,3)4)15-13-11-9-10-12-14-16-21(23)25-6/h9,11,14,16-18,20H,1H2,2-8H3/b11-9-,16-14+,18-17+. The van der Waals surface area contributed by atoms with Gasteiger partial charge in [0.1, 0.15) is 6.10 Å². The Kier molecular flexibility index (Phi) is 10.9. The summed E-state index contributed by atoms with van der Waals surface area (Å²) >= 11 is 0. The molecule has 1 unspecified atom stereocenters. The second-order valence-corrected chi connectivity index (χ2v) is 11.9. The van der Waals surface area contributed by atoms with Crippen molar-refractivity contribution in [3.05, 3.63) is 48.8 Å². The molecule has 0 N–H and O–H groups in total. The third kappa shape index (κ3) is 10.3. The maximum atomic E-state index is 10.9. The van der Waals surface area contributed by atoms with Crippen molar-refractivity contribution in [2.24, 2.45) is 0 Å². The maximum Gasteiger partial charge on any atom is 0.331 e. The number of hydrogen-bond donors (Lipinski definition) is 0. The van der Waals surface area contributed by atoms with Gasteiger partial charge in [-0.3, -0.25) is 0 Å². The van der Waals surface area contributed by atoms with E-state index in [0.717, 1.165) is 5.57 Å². The van der Waals surface area contributed by atoms with Gasteiger partial charge in [-0.2, -0.15) is 0 Å². The van der Waals surface area contributed by atoms with Gasteiger partial charge in [-0.1, -0.05) is 51.0 Å². The van der Waals surface area contributed by atoms with E-state index in [2.05, 4.69) is 68.9 Å². The van der Waals surface area contributed by atoms with Gasteiger partial charge in [0.25, 0.3) is 0 Å². The van der Waals surface area contributed by atoms with Crippen molar-refractivity contribution in [3.8, 4) is 23.7 Å². The van der Waals surface area contributed by atoms with Gasteiger partial charge in [0, 0.05) is 6.08 Å². The first-order chi connectivity index (χ1) is 12.5. The molecule has 5 heteroatoms. The van der Waals surface area contributed by atoms with Gasteiger partial charge in [-0.05, 0) is 48.0 Å². The topological polar surface area (TPSA) is 44.8 Å². The molecule has 0 spiro atoms. The Morgan fingerprint density at radius 3 is 2.19 bits per heavy atom. The summed E-state index contributed by atoms with van der Waals surface area (Å²) in [7, 11) is 0.878. The van der Waals surface area contributed by atoms with Crippen molar-refractivity contribution in [1.29, 1.82) is 0 Å². The molecule has 0 saturated carbocycles. The summed E-state index contributed by atoms with van der Waals surface area (Å²) in [4.78, 5) is 10.9. The predicted molar refractivity (Wildman–Crippen MR) is 113 cm³/mol. The number of ether oxygens (including phenoxy) is 2. The smallest absolute Gasteiger partial charge is 0.331 e. The van der Waals surface area contributed by atoms with E-state index in [9.17, 15) is 4.79 Å². The number of carbonyl (C=O) groups excluding carboxylic acids is 1. The Morgan fingerprint density at radius 2 is 1.63 bits per heavy atom. The molecule has 0 radical (unpaired) electrons. The van der Waals surface area contributed by atoms with Crippen LogP contribution in [0.25, 0.3) is 0 Å². The third-order valence-corrected chi connectivity index (χ3v) is 8.46. The normalized spacial score (nSPS) is 13.0. The number of esters is 1. The van der Waals surface area contributed by atoms with Gasteiger partial charge in [-0.25, -0.2) is 4.79 Å². The lowest BCUT2D eigenvalue weighted by atomic mass is 10.2. The van der Waals surface area contributed by atoms with E-state index in [4.69, 9.17) is 9.16 Å². The predicted octanol–water partition coefficient (Wildman–Crippen LogP) is 4.39. The number of methoxy groups -OCH3 is 2. The van der Waals surface area contributed by atoms with E-state index in [1.54, 1.807) is 31.6 Å². The van der Waals surface area contributed by atoms with E-state index >= 15 is 0 Å². The van der Waals surface area contributed by atoms with Crippen molar-refractivity contribution < 1.29 is 18.7 Å². The monoisotopic (exact) mass is 386 g/mol. The van der Waals surface area contributed by atoms with Crippen molar-refractivity contribution in [2.75, 3.05) is 14.2 Å². The minimum atomic E-state index is -2.01. The summed E-state index contributed by atoms with van der Waals surface area (Å²) in [5.74, 6) is 11.0. The highest BCUT2D eigenvalue weighted by Crippen LogP contribution is 2.37. The molecule has 0 aliphatic rings. The van der Waals surface area contributed by atoms with Crippen molar-refractivity contribution in [3.63, 3.8) is 0 Å². The zero-order chi connectivity index (χ0) is 20.9. The summed E-state index contributed by atoms with van der Waals surface area (Å²) in [6.45, 7) is 14.9. The quantitative estimate of drug-likeness (QED) is 0.170. The van der Waals surface area contributed by atoms with Crippen molar-refractivity contribution in [1.82, 2.24) is 0 Å². The molecule has 0 amide bonds. The highest BCUT2D eigenvalue weighted by atomic mass is 28.4. The fourth-order valence-corrected chi connectivity index (χ4v) is 2.55. The molecule has 0 rings (SSSR count). The molecule has 0 bridgehead atoms. The number of hydrogen-bond acceptors (Lipinski definition) is 4. The van der Waals surface area contributed by atoms with Gasteiger partial charge in [0.2, 0.25) is 0 Å². The van der Waals surface area contributed by atoms with Crippen molar-refractivity contribution in [2.45, 2.75) is 45.0 Å². The first-order valence-electron chi connectivity index (χ1n) is 8.52. The summed E-state index contributed by atoms with van der Waals surface area (Å²) < 4.78 is 15.8. The molecule has 0 heterocycles. The Bertz CT molecular complexity index is 713. The fraction of sp³-hybridized carbons (Fsp3) is 0.409. The van der Waals surface area contributed by atoms with Gasteiger partial charge in [0.15, 0.2) is 8.32 Å². The Hall–Kier alpha value is -2.47. The molecular weight excluding hydrogens is 356 g/mol. The zero-order valence-electron chi connectivity index (χ0n) is 17.4. The van der Waals surface area contributed by atoms with E-state index in [-0.39, 0.29) is 5.04 Å². The van der Waals surface area contributed by atoms with Crippen LogP contribution in [-0.4, -0.2) is 34.6 Å². The first-order valence-corrected chi connectivity index (χ1v) is 11.4. The van der Waals surface area contributed by atoms with Gasteiger partial charge < -0.3 is 13.9 Å². The minimum Gasteiger partial charge on any atom is -0.504 e. The molecular formula is C22H30O4Si. The first kappa shape index (κ1) is 24.5. The van der Waals surface area contributed by atoms with Crippen LogP contribution in [-0.2, 0) is 18.7 Å². The van der Waals surface area contributed by atoms with E-state index in [1.165, 1.54) is 19.3 Å². The average Bonchev–Trinajstić information content (AvgIpc) is 2.59. The van der Waals surface area contributed by atoms with Crippen LogP contribution in [0.5, 0.6) is 0 Å². The molecule has 1 atom stereocenters. The summed E-state index contributed by atoms with van der Waals surface area (Å²) in [6, 6.07) is 0. The van der Waals surface area contributed by atoms with Crippen LogP contribution in [0, 0.1) is 23.7 Å².